The summed E-state index contributed by atoms with van der Waals surface area (Å²) >= 11 is 0. The van der Waals surface area contributed by atoms with Crippen LogP contribution >= 0.6 is 0 Å². The molecule has 1 aliphatic heterocycles. The summed E-state index contributed by atoms with van der Waals surface area (Å²) < 4.78 is 2.75. The molecular weight excluding hydrogens is 520 g/mol. The summed E-state index contributed by atoms with van der Waals surface area (Å²) in [6.07, 6.45) is 19.0. The van der Waals surface area contributed by atoms with E-state index in [0.717, 1.165) is 12.8 Å². The standard InChI is InChI=1S/C41H49N2/c1-9-27(10-2)31-19-32(28(11-3)12-4)21-41(20-31)34-16-15-29-22-42-23-35-36(29)37(34)39-38(40(35,7)8)33-18-26(17-25(5)6)13-14-30(33)24-43(39)41/h13-16,18-20,22-25,27-28H,9-12,17,21H2,1-8H3/q+1. The molecule has 3 aliphatic rings. The smallest absolute Gasteiger partial charge is 0.219 e. The van der Waals surface area contributed by atoms with E-state index in [2.05, 4.69) is 121 Å². The molecule has 222 valence electrons. The van der Waals surface area contributed by atoms with E-state index < -0.39 is 0 Å². The van der Waals surface area contributed by atoms with Crippen LogP contribution in [0.15, 0.2) is 72.2 Å². The van der Waals surface area contributed by atoms with Crippen LogP contribution in [0.25, 0.3) is 32.8 Å². The number of allylic oxidation sites excluding steroid dienone is 4. The number of benzene rings is 2. The number of rotatable bonds is 8. The van der Waals surface area contributed by atoms with Crippen molar-refractivity contribution in [1.29, 1.82) is 0 Å². The minimum absolute atomic E-state index is 0.165. The molecule has 0 saturated carbocycles. The lowest BCUT2D eigenvalue weighted by atomic mass is 9.68. The van der Waals surface area contributed by atoms with E-state index in [-0.39, 0.29) is 11.0 Å². The van der Waals surface area contributed by atoms with Crippen molar-refractivity contribution < 1.29 is 4.57 Å². The molecule has 0 amide bonds. The summed E-state index contributed by atoms with van der Waals surface area (Å²) in [7, 11) is 0. The first-order chi connectivity index (χ1) is 20.7. The van der Waals surface area contributed by atoms with Gasteiger partial charge in [0.05, 0.1) is 5.56 Å². The molecular formula is C41H49N2+. The molecule has 2 aromatic carbocycles. The molecule has 1 atom stereocenters. The van der Waals surface area contributed by atoms with Crippen molar-refractivity contribution in [1.82, 2.24) is 4.98 Å². The van der Waals surface area contributed by atoms with Gasteiger partial charge >= 0.3 is 0 Å². The second-order valence-corrected chi connectivity index (χ2v) is 14.6. The third-order valence-electron chi connectivity index (χ3n) is 11.3. The highest BCUT2D eigenvalue weighted by Crippen LogP contribution is 2.57. The van der Waals surface area contributed by atoms with Gasteiger partial charge < -0.3 is 0 Å². The first-order valence-corrected chi connectivity index (χ1v) is 17.1. The molecule has 0 bridgehead atoms. The Bertz CT molecular complexity index is 1830. The molecule has 2 nitrogen and oxygen atoms in total. The van der Waals surface area contributed by atoms with Crippen molar-refractivity contribution in [3.8, 4) is 11.3 Å². The van der Waals surface area contributed by atoms with E-state index in [9.17, 15) is 0 Å². The molecule has 1 unspecified atom stereocenters. The Hall–Kier alpha value is -3.26. The SMILES string of the molecule is CCC(CC)C1=CC2(CC(C(CC)CC)=C1)c1ccc3cncc4c3c1-c1c(c3cc(CC(C)C)ccc3c[n+]12)C4(C)C. The van der Waals surface area contributed by atoms with E-state index in [1.807, 2.05) is 0 Å². The van der Waals surface area contributed by atoms with Crippen LogP contribution < -0.4 is 4.57 Å². The third-order valence-corrected chi connectivity index (χ3v) is 11.3. The van der Waals surface area contributed by atoms with Crippen molar-refractivity contribution >= 4 is 21.5 Å². The Morgan fingerprint density at radius 3 is 2.28 bits per heavy atom. The van der Waals surface area contributed by atoms with Crippen LogP contribution in [0.2, 0.25) is 0 Å². The van der Waals surface area contributed by atoms with Crippen LogP contribution in [-0.2, 0) is 17.4 Å². The number of nitrogens with zero attached hydrogens (tertiary/aromatic N) is 2. The summed E-state index contributed by atoms with van der Waals surface area (Å²) in [5, 5.41) is 5.46. The molecule has 2 aliphatic carbocycles. The second kappa shape index (κ2) is 10.1. The van der Waals surface area contributed by atoms with E-state index in [0.29, 0.717) is 17.8 Å². The van der Waals surface area contributed by atoms with Gasteiger partial charge in [0.1, 0.15) is 0 Å². The maximum atomic E-state index is 4.80. The van der Waals surface area contributed by atoms with Crippen molar-refractivity contribution in [2.45, 2.75) is 105 Å². The van der Waals surface area contributed by atoms with Gasteiger partial charge in [0, 0.05) is 51.5 Å². The van der Waals surface area contributed by atoms with Crippen molar-refractivity contribution in [3.63, 3.8) is 0 Å². The number of hydrogen-bond donors (Lipinski definition) is 0. The Labute approximate surface area is 258 Å². The lowest BCUT2D eigenvalue weighted by molar-refractivity contribution is -0.726. The summed E-state index contributed by atoms with van der Waals surface area (Å²) in [4.78, 5) is 4.80. The Morgan fingerprint density at radius 1 is 0.860 bits per heavy atom. The zero-order valence-corrected chi connectivity index (χ0v) is 27.6. The fourth-order valence-electron chi connectivity index (χ4n) is 9.14. The Morgan fingerprint density at radius 2 is 1.58 bits per heavy atom. The van der Waals surface area contributed by atoms with Crippen molar-refractivity contribution in [2.75, 3.05) is 0 Å². The van der Waals surface area contributed by atoms with E-state index >= 15 is 0 Å². The summed E-state index contributed by atoms with van der Waals surface area (Å²) in [5.41, 5.74) is 11.5. The van der Waals surface area contributed by atoms with Crippen LogP contribution in [0.5, 0.6) is 0 Å². The van der Waals surface area contributed by atoms with E-state index in [4.69, 9.17) is 4.98 Å². The van der Waals surface area contributed by atoms with E-state index in [1.54, 1.807) is 11.1 Å². The molecule has 2 aromatic heterocycles. The van der Waals surface area contributed by atoms with Gasteiger partial charge in [-0.1, -0.05) is 91.3 Å². The van der Waals surface area contributed by atoms with Crippen LogP contribution in [0, 0.1) is 17.8 Å². The molecule has 43 heavy (non-hydrogen) atoms. The lowest BCUT2D eigenvalue weighted by Gasteiger charge is -2.34. The number of aromatic nitrogens is 2. The van der Waals surface area contributed by atoms with Gasteiger partial charge in [-0.25, -0.2) is 0 Å². The molecule has 4 aromatic rings. The third kappa shape index (κ3) is 3.97. The second-order valence-electron chi connectivity index (χ2n) is 14.6. The van der Waals surface area contributed by atoms with Gasteiger partial charge in [-0.2, -0.15) is 4.57 Å². The number of hydrogen-bond acceptors (Lipinski definition) is 1. The largest absolute Gasteiger partial charge is 0.264 e. The van der Waals surface area contributed by atoms with Gasteiger partial charge in [0.2, 0.25) is 11.2 Å². The highest BCUT2D eigenvalue weighted by molar-refractivity contribution is 6.07. The average molecular weight is 570 g/mol. The van der Waals surface area contributed by atoms with Crippen LogP contribution in [0.4, 0.5) is 0 Å². The summed E-state index contributed by atoms with van der Waals surface area (Å²) in [6, 6.07) is 12.1. The zero-order valence-electron chi connectivity index (χ0n) is 27.6. The maximum absolute atomic E-state index is 4.80. The van der Waals surface area contributed by atoms with Crippen LogP contribution in [0.1, 0.15) is 110 Å². The minimum Gasteiger partial charge on any atom is -0.264 e. The van der Waals surface area contributed by atoms with Crippen LogP contribution in [-0.4, -0.2) is 4.98 Å². The normalized spacial score (nSPS) is 19.8. The van der Waals surface area contributed by atoms with Crippen molar-refractivity contribution in [3.05, 3.63) is 94.5 Å². The number of pyridine rings is 2. The monoisotopic (exact) mass is 569 g/mol. The van der Waals surface area contributed by atoms with Gasteiger partial charge in [0.25, 0.3) is 0 Å². The Kier molecular flexibility index (Phi) is 6.73. The molecule has 0 saturated heterocycles. The highest BCUT2D eigenvalue weighted by Gasteiger charge is 2.57. The first kappa shape index (κ1) is 28.5. The van der Waals surface area contributed by atoms with E-state index in [1.165, 1.54) is 80.7 Å². The maximum Gasteiger partial charge on any atom is 0.219 e. The lowest BCUT2D eigenvalue weighted by Crippen LogP contribution is -2.55. The summed E-state index contributed by atoms with van der Waals surface area (Å²) in [6.45, 7) is 19.0. The molecule has 0 N–H and O–H groups in total. The first-order valence-electron chi connectivity index (χ1n) is 17.1. The molecule has 0 radical (unpaired) electrons. The average Bonchev–Trinajstić information content (AvgIpc) is 3.24. The predicted molar refractivity (Wildman–Crippen MR) is 182 cm³/mol. The van der Waals surface area contributed by atoms with Gasteiger partial charge in [0.15, 0.2) is 6.20 Å². The van der Waals surface area contributed by atoms with Gasteiger partial charge in [-0.15, -0.1) is 0 Å². The number of fused-ring (bicyclic) bond motifs is 4. The highest BCUT2D eigenvalue weighted by atomic mass is 15.1. The molecule has 2 heteroatoms. The summed E-state index contributed by atoms with van der Waals surface area (Å²) in [5.74, 6) is 1.82. The topological polar surface area (TPSA) is 16.8 Å². The molecule has 3 heterocycles. The predicted octanol–water partition coefficient (Wildman–Crippen LogP) is 10.4. The minimum atomic E-state index is -0.218. The van der Waals surface area contributed by atoms with Gasteiger partial charge in [-0.05, 0) is 84.1 Å². The fourth-order valence-corrected chi connectivity index (χ4v) is 9.14. The van der Waals surface area contributed by atoms with Crippen molar-refractivity contribution in [2.24, 2.45) is 17.8 Å². The quantitative estimate of drug-likeness (QED) is 0.193. The zero-order chi connectivity index (χ0) is 30.3. The molecule has 7 rings (SSSR count). The van der Waals surface area contributed by atoms with Gasteiger partial charge in [-0.3, -0.25) is 4.98 Å². The van der Waals surface area contributed by atoms with Crippen LogP contribution in [0.3, 0.4) is 0 Å². The molecule has 1 spiro atoms. The molecule has 0 fully saturated rings. The Balaban J connectivity index is 1.63. The fraction of sp³-hybridized carbons (Fsp3) is 0.463.